The van der Waals surface area contributed by atoms with E-state index in [1.165, 1.54) is 15.3 Å². The number of amides is 1. The molecule has 25 heavy (non-hydrogen) atoms. The average molecular weight is 358 g/mol. The van der Waals surface area contributed by atoms with Crippen LogP contribution in [0.2, 0.25) is 0 Å². The number of hydrogen-bond acceptors (Lipinski definition) is 3. The van der Waals surface area contributed by atoms with E-state index in [1.807, 2.05) is 17.4 Å². The lowest BCUT2D eigenvalue weighted by Gasteiger charge is -2.38. The Bertz CT molecular complexity index is 674. The molecule has 1 fully saturated rings. The molecule has 1 aliphatic rings. The van der Waals surface area contributed by atoms with Crippen molar-refractivity contribution >= 4 is 17.2 Å². The highest BCUT2D eigenvalue weighted by molar-refractivity contribution is 7.11. The first-order chi connectivity index (χ1) is 12.2. The molecule has 4 heteroatoms. The van der Waals surface area contributed by atoms with Crippen molar-refractivity contribution in [3.05, 3.63) is 57.8 Å². The second-order valence-corrected chi connectivity index (χ2v) is 8.27. The van der Waals surface area contributed by atoms with E-state index < -0.39 is 0 Å². The number of thiophene rings is 1. The van der Waals surface area contributed by atoms with Gasteiger partial charge in [-0.2, -0.15) is 0 Å². The van der Waals surface area contributed by atoms with E-state index in [0.29, 0.717) is 13.0 Å². The second kappa shape index (κ2) is 8.63. The van der Waals surface area contributed by atoms with E-state index in [4.69, 9.17) is 4.74 Å². The Hall–Kier alpha value is -1.65. The molecular formula is C21H27NO2S. The van der Waals surface area contributed by atoms with E-state index >= 15 is 0 Å². The zero-order valence-corrected chi connectivity index (χ0v) is 15.7. The fraction of sp³-hybridized carbons (Fsp3) is 0.476. The van der Waals surface area contributed by atoms with Crippen molar-refractivity contribution in [2.75, 3.05) is 19.8 Å². The SMILES string of the molecule is Cc1ccc(CCCC(=O)NCC2(c3ccccc3)CCOCC2)s1. The molecule has 0 atom stereocenters. The van der Waals surface area contributed by atoms with Gasteiger partial charge in [-0.3, -0.25) is 4.79 Å². The summed E-state index contributed by atoms with van der Waals surface area (Å²) >= 11 is 1.83. The predicted molar refractivity (Wildman–Crippen MR) is 103 cm³/mol. The molecule has 1 saturated heterocycles. The summed E-state index contributed by atoms with van der Waals surface area (Å²) in [5, 5.41) is 3.19. The lowest BCUT2D eigenvalue weighted by molar-refractivity contribution is -0.121. The van der Waals surface area contributed by atoms with Crippen molar-refractivity contribution in [2.45, 2.75) is 44.4 Å². The minimum Gasteiger partial charge on any atom is -0.381 e. The molecule has 2 aromatic rings. The first-order valence-corrected chi connectivity index (χ1v) is 9.95. The maximum Gasteiger partial charge on any atom is 0.220 e. The maximum atomic E-state index is 12.3. The van der Waals surface area contributed by atoms with Gasteiger partial charge in [0.25, 0.3) is 0 Å². The lowest BCUT2D eigenvalue weighted by atomic mass is 9.74. The lowest BCUT2D eigenvalue weighted by Crippen LogP contribution is -2.44. The molecule has 3 rings (SSSR count). The molecular weight excluding hydrogens is 330 g/mol. The van der Waals surface area contributed by atoms with Crippen LogP contribution in [-0.4, -0.2) is 25.7 Å². The van der Waals surface area contributed by atoms with Crippen LogP contribution in [0.5, 0.6) is 0 Å². The van der Waals surface area contributed by atoms with Crippen molar-refractivity contribution < 1.29 is 9.53 Å². The minimum absolute atomic E-state index is 0.0139. The summed E-state index contributed by atoms with van der Waals surface area (Å²) in [5.41, 5.74) is 1.33. The molecule has 1 N–H and O–H groups in total. The zero-order chi connectivity index (χ0) is 17.5. The summed E-state index contributed by atoms with van der Waals surface area (Å²) in [7, 11) is 0. The number of benzene rings is 1. The van der Waals surface area contributed by atoms with Crippen LogP contribution in [0.3, 0.4) is 0 Å². The Morgan fingerprint density at radius 3 is 2.60 bits per heavy atom. The van der Waals surface area contributed by atoms with Crippen molar-refractivity contribution in [1.82, 2.24) is 5.32 Å². The topological polar surface area (TPSA) is 38.3 Å². The Morgan fingerprint density at radius 2 is 1.92 bits per heavy atom. The number of hydrogen-bond donors (Lipinski definition) is 1. The van der Waals surface area contributed by atoms with Crippen LogP contribution in [0.15, 0.2) is 42.5 Å². The summed E-state index contributed by atoms with van der Waals surface area (Å²) in [6.07, 6.45) is 4.42. The molecule has 0 saturated carbocycles. The zero-order valence-electron chi connectivity index (χ0n) is 14.9. The number of carbonyl (C=O) groups excluding carboxylic acids is 1. The van der Waals surface area contributed by atoms with Crippen LogP contribution in [0, 0.1) is 6.92 Å². The summed E-state index contributed by atoms with van der Waals surface area (Å²) in [6.45, 7) is 4.36. The van der Waals surface area contributed by atoms with Crippen molar-refractivity contribution in [2.24, 2.45) is 0 Å². The molecule has 0 spiro atoms. The van der Waals surface area contributed by atoms with Gasteiger partial charge in [0.15, 0.2) is 0 Å². The van der Waals surface area contributed by atoms with Crippen molar-refractivity contribution in [3.63, 3.8) is 0 Å². The van der Waals surface area contributed by atoms with Crippen molar-refractivity contribution in [3.8, 4) is 0 Å². The van der Waals surface area contributed by atoms with Crippen LogP contribution in [0.1, 0.15) is 41.0 Å². The van der Waals surface area contributed by atoms with Gasteiger partial charge in [-0.25, -0.2) is 0 Å². The summed E-state index contributed by atoms with van der Waals surface area (Å²) in [5.74, 6) is 0.162. The van der Waals surface area contributed by atoms with E-state index in [-0.39, 0.29) is 11.3 Å². The Morgan fingerprint density at radius 1 is 1.16 bits per heavy atom. The summed E-state index contributed by atoms with van der Waals surface area (Å²) in [6, 6.07) is 14.9. The fourth-order valence-corrected chi connectivity index (χ4v) is 4.45. The van der Waals surface area contributed by atoms with Gasteiger partial charge in [0.2, 0.25) is 5.91 Å². The average Bonchev–Trinajstić information content (AvgIpc) is 3.07. The maximum absolute atomic E-state index is 12.3. The van der Waals surface area contributed by atoms with Crippen LogP contribution >= 0.6 is 11.3 Å². The van der Waals surface area contributed by atoms with Gasteiger partial charge >= 0.3 is 0 Å². The second-order valence-electron chi connectivity index (χ2n) is 6.90. The fourth-order valence-electron chi connectivity index (χ4n) is 3.52. The predicted octanol–water partition coefficient (Wildman–Crippen LogP) is 4.24. The van der Waals surface area contributed by atoms with Crippen molar-refractivity contribution in [1.29, 1.82) is 0 Å². The molecule has 134 valence electrons. The molecule has 1 aromatic heterocycles. The number of carbonyl (C=O) groups is 1. The number of ether oxygens (including phenoxy) is 1. The monoisotopic (exact) mass is 357 g/mol. The first-order valence-electron chi connectivity index (χ1n) is 9.13. The smallest absolute Gasteiger partial charge is 0.220 e. The van der Waals surface area contributed by atoms with Gasteiger partial charge in [-0.05, 0) is 50.3 Å². The molecule has 0 radical (unpaired) electrons. The van der Waals surface area contributed by atoms with E-state index in [9.17, 15) is 4.79 Å². The van der Waals surface area contributed by atoms with Gasteiger partial charge < -0.3 is 10.1 Å². The number of aryl methyl sites for hydroxylation is 2. The third kappa shape index (κ3) is 4.93. The molecule has 2 heterocycles. The van der Waals surface area contributed by atoms with E-state index in [2.05, 4.69) is 48.6 Å². The Balaban J connectivity index is 1.51. The van der Waals surface area contributed by atoms with Gasteiger partial charge in [-0.15, -0.1) is 11.3 Å². The van der Waals surface area contributed by atoms with Gasteiger partial charge in [0.05, 0.1) is 0 Å². The van der Waals surface area contributed by atoms with Gasteiger partial charge in [0.1, 0.15) is 0 Å². The molecule has 1 amide bonds. The largest absolute Gasteiger partial charge is 0.381 e. The molecule has 0 aliphatic carbocycles. The van der Waals surface area contributed by atoms with E-state index in [0.717, 1.165) is 38.9 Å². The van der Waals surface area contributed by atoms with Crippen LogP contribution < -0.4 is 5.32 Å². The molecule has 1 aromatic carbocycles. The summed E-state index contributed by atoms with van der Waals surface area (Å²) in [4.78, 5) is 15.0. The quantitative estimate of drug-likeness (QED) is 0.805. The normalized spacial score (nSPS) is 16.5. The third-order valence-corrected chi connectivity index (χ3v) is 6.14. The Kier molecular flexibility index (Phi) is 6.27. The molecule has 1 aliphatic heterocycles. The van der Waals surface area contributed by atoms with Crippen LogP contribution in [0.25, 0.3) is 0 Å². The Labute approximate surface area is 154 Å². The van der Waals surface area contributed by atoms with Crippen LogP contribution in [-0.2, 0) is 21.4 Å². The minimum atomic E-state index is 0.0139. The van der Waals surface area contributed by atoms with E-state index in [1.54, 1.807) is 0 Å². The molecule has 0 bridgehead atoms. The molecule has 0 unspecified atom stereocenters. The standard InChI is InChI=1S/C21H27NO2S/c1-17-10-11-19(25-17)8-5-9-20(23)22-16-21(12-14-24-15-13-21)18-6-3-2-4-7-18/h2-4,6-7,10-11H,5,8-9,12-16H2,1H3,(H,22,23). The number of rotatable bonds is 7. The van der Waals surface area contributed by atoms with Gasteiger partial charge in [-0.1, -0.05) is 30.3 Å². The highest BCUT2D eigenvalue weighted by atomic mass is 32.1. The highest BCUT2D eigenvalue weighted by Crippen LogP contribution is 2.34. The third-order valence-electron chi connectivity index (χ3n) is 5.08. The van der Waals surface area contributed by atoms with Crippen LogP contribution in [0.4, 0.5) is 0 Å². The number of nitrogens with one attached hydrogen (secondary N) is 1. The summed E-state index contributed by atoms with van der Waals surface area (Å²) < 4.78 is 5.56. The van der Waals surface area contributed by atoms with Gasteiger partial charge in [0, 0.05) is 41.3 Å². The molecule has 3 nitrogen and oxygen atoms in total. The first kappa shape index (κ1) is 18.2. The highest BCUT2D eigenvalue weighted by Gasteiger charge is 2.34.